The predicted molar refractivity (Wildman–Crippen MR) is 80.8 cm³/mol. The number of hydrogen-bond donors (Lipinski definition) is 3. The molecule has 0 aromatic heterocycles. The van der Waals surface area contributed by atoms with E-state index < -0.39 is 5.82 Å². The maximum atomic E-state index is 13.2. The smallest absolute Gasteiger partial charge is 0.165 e. The number of benzene rings is 2. The Morgan fingerprint density at radius 2 is 1.81 bits per heavy atom. The van der Waals surface area contributed by atoms with Crippen LogP contribution in [-0.2, 0) is 13.0 Å². The molecule has 3 nitrogen and oxygen atoms in total. The lowest BCUT2D eigenvalue weighted by Gasteiger charge is -2.14. The van der Waals surface area contributed by atoms with Crippen molar-refractivity contribution in [3.05, 3.63) is 59.4 Å². The van der Waals surface area contributed by atoms with Gasteiger partial charge in [-0.25, -0.2) is 4.39 Å². The van der Waals surface area contributed by atoms with E-state index in [0.29, 0.717) is 12.1 Å². The van der Waals surface area contributed by atoms with E-state index in [1.165, 1.54) is 6.07 Å². The molecule has 1 atom stereocenters. The standard InChI is InChI=1S/C17H20FNO2/c1-12(5-6-13-7-9-15(20)10-8-13)19-11-14-3-2-4-16(18)17(14)21/h2-4,7-10,12,19-21H,5-6,11H2,1H3. The quantitative estimate of drug-likeness (QED) is 0.764. The van der Waals surface area contributed by atoms with Crippen LogP contribution in [0.3, 0.4) is 0 Å². The lowest BCUT2D eigenvalue weighted by atomic mass is 10.1. The lowest BCUT2D eigenvalue weighted by Crippen LogP contribution is -2.26. The van der Waals surface area contributed by atoms with Crippen molar-refractivity contribution < 1.29 is 14.6 Å². The van der Waals surface area contributed by atoms with Crippen molar-refractivity contribution >= 4 is 0 Å². The Labute approximate surface area is 124 Å². The third kappa shape index (κ3) is 4.46. The Hall–Kier alpha value is -2.07. The van der Waals surface area contributed by atoms with Gasteiger partial charge in [-0.3, -0.25) is 0 Å². The molecule has 0 radical (unpaired) electrons. The summed E-state index contributed by atoms with van der Waals surface area (Å²) in [5, 5.41) is 22.1. The summed E-state index contributed by atoms with van der Waals surface area (Å²) in [4.78, 5) is 0. The highest BCUT2D eigenvalue weighted by molar-refractivity contribution is 5.33. The van der Waals surface area contributed by atoms with Crippen molar-refractivity contribution in [2.75, 3.05) is 0 Å². The van der Waals surface area contributed by atoms with Crippen molar-refractivity contribution in [3.8, 4) is 11.5 Å². The van der Waals surface area contributed by atoms with Crippen LogP contribution in [0.25, 0.3) is 0 Å². The molecule has 0 saturated heterocycles. The minimum absolute atomic E-state index is 0.237. The number of halogens is 1. The zero-order valence-corrected chi connectivity index (χ0v) is 12.0. The van der Waals surface area contributed by atoms with E-state index in [4.69, 9.17) is 0 Å². The fourth-order valence-corrected chi connectivity index (χ4v) is 2.13. The summed E-state index contributed by atoms with van der Waals surface area (Å²) >= 11 is 0. The van der Waals surface area contributed by atoms with E-state index in [9.17, 15) is 14.6 Å². The third-order valence-corrected chi connectivity index (χ3v) is 3.51. The molecule has 0 heterocycles. The zero-order valence-electron chi connectivity index (χ0n) is 12.0. The Morgan fingerprint density at radius 1 is 1.10 bits per heavy atom. The number of phenols is 2. The molecule has 4 heteroatoms. The van der Waals surface area contributed by atoms with Crippen LogP contribution in [0.15, 0.2) is 42.5 Å². The van der Waals surface area contributed by atoms with Crippen LogP contribution >= 0.6 is 0 Å². The van der Waals surface area contributed by atoms with E-state index in [0.717, 1.165) is 18.4 Å². The first-order valence-corrected chi connectivity index (χ1v) is 7.04. The van der Waals surface area contributed by atoms with Crippen molar-refractivity contribution in [3.63, 3.8) is 0 Å². The Balaban J connectivity index is 1.80. The average Bonchev–Trinajstić information content (AvgIpc) is 2.48. The fraction of sp³-hybridized carbons (Fsp3) is 0.294. The van der Waals surface area contributed by atoms with Gasteiger partial charge in [0, 0.05) is 18.2 Å². The van der Waals surface area contributed by atoms with Gasteiger partial charge in [0.15, 0.2) is 11.6 Å². The minimum atomic E-state index is -0.592. The van der Waals surface area contributed by atoms with Gasteiger partial charge in [-0.05, 0) is 43.5 Å². The fourth-order valence-electron chi connectivity index (χ4n) is 2.13. The molecule has 2 aromatic rings. The van der Waals surface area contributed by atoms with Crippen LogP contribution in [0, 0.1) is 5.82 Å². The van der Waals surface area contributed by atoms with Crippen LogP contribution in [0.2, 0.25) is 0 Å². The number of hydrogen-bond acceptors (Lipinski definition) is 3. The van der Waals surface area contributed by atoms with Gasteiger partial charge in [0.05, 0.1) is 0 Å². The molecule has 2 rings (SSSR count). The van der Waals surface area contributed by atoms with Crippen molar-refractivity contribution in [1.82, 2.24) is 5.32 Å². The highest BCUT2D eigenvalue weighted by Crippen LogP contribution is 2.20. The topological polar surface area (TPSA) is 52.5 Å². The van der Waals surface area contributed by atoms with E-state index >= 15 is 0 Å². The second kappa shape index (κ2) is 7.09. The van der Waals surface area contributed by atoms with Gasteiger partial charge in [0.25, 0.3) is 0 Å². The predicted octanol–water partition coefficient (Wildman–Crippen LogP) is 3.35. The van der Waals surface area contributed by atoms with E-state index in [1.54, 1.807) is 24.3 Å². The molecule has 0 saturated carbocycles. The summed E-state index contributed by atoms with van der Waals surface area (Å²) in [6, 6.07) is 11.9. The SMILES string of the molecule is CC(CCc1ccc(O)cc1)NCc1cccc(F)c1O. The molecule has 2 aromatic carbocycles. The first kappa shape index (κ1) is 15.3. The second-order valence-electron chi connectivity index (χ2n) is 5.23. The maximum Gasteiger partial charge on any atom is 0.165 e. The zero-order chi connectivity index (χ0) is 15.2. The lowest BCUT2D eigenvalue weighted by molar-refractivity contribution is 0.418. The van der Waals surface area contributed by atoms with E-state index in [-0.39, 0.29) is 17.5 Å². The normalized spacial score (nSPS) is 12.3. The first-order chi connectivity index (χ1) is 10.1. The third-order valence-electron chi connectivity index (χ3n) is 3.51. The number of aromatic hydroxyl groups is 2. The van der Waals surface area contributed by atoms with E-state index in [2.05, 4.69) is 12.2 Å². The number of nitrogens with one attached hydrogen (secondary N) is 1. The molecule has 21 heavy (non-hydrogen) atoms. The molecule has 0 fully saturated rings. The second-order valence-corrected chi connectivity index (χ2v) is 5.23. The highest BCUT2D eigenvalue weighted by atomic mass is 19.1. The summed E-state index contributed by atoms with van der Waals surface area (Å²) in [6.45, 7) is 2.48. The maximum absolute atomic E-state index is 13.2. The summed E-state index contributed by atoms with van der Waals surface area (Å²) in [6.07, 6.45) is 1.81. The van der Waals surface area contributed by atoms with Crippen molar-refractivity contribution in [1.29, 1.82) is 0 Å². The first-order valence-electron chi connectivity index (χ1n) is 7.04. The minimum Gasteiger partial charge on any atom is -0.508 e. The van der Waals surface area contributed by atoms with Gasteiger partial charge < -0.3 is 15.5 Å². The molecular weight excluding hydrogens is 269 g/mol. The number of rotatable bonds is 6. The molecule has 0 aliphatic heterocycles. The molecule has 0 aliphatic carbocycles. The molecule has 1 unspecified atom stereocenters. The number of aryl methyl sites for hydroxylation is 1. The van der Waals surface area contributed by atoms with Crippen molar-refractivity contribution in [2.24, 2.45) is 0 Å². The Morgan fingerprint density at radius 3 is 2.52 bits per heavy atom. The highest BCUT2D eigenvalue weighted by Gasteiger charge is 2.08. The molecule has 0 amide bonds. The monoisotopic (exact) mass is 289 g/mol. The van der Waals surface area contributed by atoms with Gasteiger partial charge in [0.1, 0.15) is 5.75 Å². The molecular formula is C17H20FNO2. The summed E-state index contributed by atoms with van der Waals surface area (Å²) < 4.78 is 13.2. The van der Waals surface area contributed by atoms with Crippen molar-refractivity contribution in [2.45, 2.75) is 32.4 Å². The van der Waals surface area contributed by atoms with Gasteiger partial charge in [-0.1, -0.05) is 24.3 Å². The van der Waals surface area contributed by atoms with Crippen LogP contribution in [0.5, 0.6) is 11.5 Å². The van der Waals surface area contributed by atoms with Gasteiger partial charge in [0.2, 0.25) is 0 Å². The van der Waals surface area contributed by atoms with Gasteiger partial charge >= 0.3 is 0 Å². The summed E-state index contributed by atoms with van der Waals surface area (Å²) in [7, 11) is 0. The van der Waals surface area contributed by atoms with Crippen LogP contribution in [0.4, 0.5) is 4.39 Å². The Kier molecular flexibility index (Phi) is 5.17. The van der Waals surface area contributed by atoms with Crippen LogP contribution in [0.1, 0.15) is 24.5 Å². The summed E-state index contributed by atoms with van der Waals surface area (Å²) in [5.74, 6) is -0.603. The molecule has 0 bridgehead atoms. The average molecular weight is 289 g/mol. The van der Waals surface area contributed by atoms with Gasteiger partial charge in [-0.2, -0.15) is 0 Å². The summed E-state index contributed by atoms with van der Waals surface area (Å²) in [5.41, 5.74) is 1.72. The molecule has 0 spiro atoms. The van der Waals surface area contributed by atoms with Gasteiger partial charge in [-0.15, -0.1) is 0 Å². The van der Waals surface area contributed by atoms with E-state index in [1.807, 2.05) is 12.1 Å². The molecule has 3 N–H and O–H groups in total. The van der Waals surface area contributed by atoms with Crippen LogP contribution in [-0.4, -0.2) is 16.3 Å². The Bertz CT molecular complexity index is 584. The van der Waals surface area contributed by atoms with Crippen LogP contribution < -0.4 is 5.32 Å². The number of para-hydroxylation sites is 1. The largest absolute Gasteiger partial charge is 0.508 e. The molecule has 0 aliphatic rings. The molecule has 112 valence electrons. The number of phenolic OH excluding ortho intramolecular Hbond substituents is 2.